The van der Waals surface area contributed by atoms with E-state index >= 15 is 0 Å². The normalized spacial score (nSPS) is 28.8. The van der Waals surface area contributed by atoms with Crippen molar-refractivity contribution < 1.29 is 0 Å². The van der Waals surface area contributed by atoms with Gasteiger partial charge in [0.25, 0.3) is 0 Å². The third kappa shape index (κ3) is 4.26. The van der Waals surface area contributed by atoms with Gasteiger partial charge in [0.2, 0.25) is 0 Å². The number of nitrogens with one attached hydrogen (secondary N) is 1. The molecule has 0 spiro atoms. The molecular weight excluding hydrogens is 208 g/mol. The van der Waals surface area contributed by atoms with Crippen molar-refractivity contribution in [3.63, 3.8) is 0 Å². The number of hydrogen-bond acceptors (Lipinski definition) is 2. The van der Waals surface area contributed by atoms with Crippen LogP contribution in [0.2, 0.25) is 0 Å². The maximum Gasteiger partial charge on any atom is 0.0107 e. The Hall–Kier alpha value is -0.0800. The van der Waals surface area contributed by atoms with Crippen molar-refractivity contribution in [1.29, 1.82) is 0 Å². The van der Waals surface area contributed by atoms with Crippen LogP contribution in [-0.4, -0.2) is 37.6 Å². The molecule has 1 heterocycles. The Morgan fingerprint density at radius 1 is 1.00 bits per heavy atom. The zero-order chi connectivity index (χ0) is 11.9. The number of hydrogen-bond donors (Lipinski definition) is 1. The maximum absolute atomic E-state index is 3.60. The Labute approximate surface area is 107 Å². The largest absolute Gasteiger partial charge is 0.315 e. The zero-order valence-electron chi connectivity index (χ0n) is 11.6. The van der Waals surface area contributed by atoms with Crippen LogP contribution in [0.15, 0.2) is 0 Å². The lowest BCUT2D eigenvalue weighted by Gasteiger charge is -2.16. The molecule has 2 unspecified atom stereocenters. The zero-order valence-corrected chi connectivity index (χ0v) is 11.6. The van der Waals surface area contributed by atoms with Crippen LogP contribution in [0.3, 0.4) is 0 Å². The van der Waals surface area contributed by atoms with Gasteiger partial charge in [-0.15, -0.1) is 0 Å². The lowest BCUT2D eigenvalue weighted by atomic mass is 10.0. The van der Waals surface area contributed by atoms with Crippen LogP contribution in [-0.2, 0) is 0 Å². The van der Waals surface area contributed by atoms with E-state index in [0.717, 1.165) is 11.8 Å². The second-order valence-electron chi connectivity index (χ2n) is 6.02. The molecule has 17 heavy (non-hydrogen) atoms. The summed E-state index contributed by atoms with van der Waals surface area (Å²) < 4.78 is 0. The van der Waals surface area contributed by atoms with Crippen LogP contribution in [0, 0.1) is 11.8 Å². The first-order chi connectivity index (χ1) is 8.40. The molecular formula is C15H30N2. The summed E-state index contributed by atoms with van der Waals surface area (Å²) in [6.45, 7) is 8.76. The van der Waals surface area contributed by atoms with Gasteiger partial charge in [-0.05, 0) is 37.6 Å². The third-order valence-electron chi connectivity index (χ3n) is 4.61. The summed E-state index contributed by atoms with van der Waals surface area (Å²) in [5.74, 6) is 2.11. The molecule has 2 heteroatoms. The summed E-state index contributed by atoms with van der Waals surface area (Å²) in [5.41, 5.74) is 0. The Morgan fingerprint density at radius 2 is 1.76 bits per heavy atom. The molecule has 1 aliphatic heterocycles. The minimum atomic E-state index is 1.06. The molecule has 2 nitrogen and oxygen atoms in total. The first-order valence-corrected chi connectivity index (χ1v) is 7.83. The van der Waals surface area contributed by atoms with Crippen LogP contribution < -0.4 is 5.32 Å². The smallest absolute Gasteiger partial charge is 0.0107 e. The van der Waals surface area contributed by atoms with Gasteiger partial charge in [0.05, 0.1) is 0 Å². The van der Waals surface area contributed by atoms with Gasteiger partial charge in [-0.1, -0.05) is 32.6 Å². The number of unbranched alkanes of at least 4 members (excludes halogenated alkanes) is 3. The Bertz CT molecular complexity index is 193. The minimum Gasteiger partial charge on any atom is -0.315 e. The van der Waals surface area contributed by atoms with Gasteiger partial charge in [0.15, 0.2) is 0 Å². The summed E-state index contributed by atoms with van der Waals surface area (Å²) >= 11 is 0. The summed E-state index contributed by atoms with van der Waals surface area (Å²) in [7, 11) is 0. The van der Waals surface area contributed by atoms with Crippen molar-refractivity contribution in [2.24, 2.45) is 11.8 Å². The van der Waals surface area contributed by atoms with E-state index in [1.807, 2.05) is 0 Å². The van der Waals surface area contributed by atoms with Crippen LogP contribution >= 0.6 is 0 Å². The van der Waals surface area contributed by atoms with E-state index in [2.05, 4.69) is 17.1 Å². The number of fused-ring (bicyclic) bond motifs is 1. The topological polar surface area (TPSA) is 15.3 Å². The summed E-state index contributed by atoms with van der Waals surface area (Å²) in [6.07, 6.45) is 10.0. The first-order valence-electron chi connectivity index (χ1n) is 7.83. The molecule has 1 saturated heterocycles. The Balaban J connectivity index is 1.44. The van der Waals surface area contributed by atoms with Crippen molar-refractivity contribution in [1.82, 2.24) is 10.2 Å². The fourth-order valence-corrected chi connectivity index (χ4v) is 3.55. The van der Waals surface area contributed by atoms with Crippen molar-refractivity contribution >= 4 is 0 Å². The Morgan fingerprint density at radius 3 is 2.47 bits per heavy atom. The average molecular weight is 238 g/mol. The van der Waals surface area contributed by atoms with Crippen LogP contribution in [0.25, 0.3) is 0 Å². The highest BCUT2D eigenvalue weighted by atomic mass is 15.2. The molecule has 2 atom stereocenters. The molecule has 0 aromatic carbocycles. The van der Waals surface area contributed by atoms with E-state index < -0.39 is 0 Å². The highest BCUT2D eigenvalue weighted by Gasteiger charge is 2.35. The van der Waals surface area contributed by atoms with Gasteiger partial charge in [-0.25, -0.2) is 0 Å². The molecule has 2 fully saturated rings. The lowest BCUT2D eigenvalue weighted by Crippen LogP contribution is -2.31. The van der Waals surface area contributed by atoms with E-state index in [9.17, 15) is 0 Å². The fourth-order valence-electron chi connectivity index (χ4n) is 3.55. The predicted molar refractivity (Wildman–Crippen MR) is 74.3 cm³/mol. The highest BCUT2D eigenvalue weighted by molar-refractivity contribution is 4.88. The molecule has 0 amide bonds. The van der Waals surface area contributed by atoms with E-state index in [-0.39, 0.29) is 0 Å². The lowest BCUT2D eigenvalue weighted by molar-refractivity contribution is 0.309. The van der Waals surface area contributed by atoms with E-state index in [1.54, 1.807) is 0 Å². The van der Waals surface area contributed by atoms with Crippen LogP contribution in [0.1, 0.15) is 51.9 Å². The van der Waals surface area contributed by atoms with Gasteiger partial charge in [0.1, 0.15) is 0 Å². The Kier molecular flexibility index (Phi) is 5.79. The van der Waals surface area contributed by atoms with Gasteiger partial charge in [-0.3, -0.25) is 0 Å². The van der Waals surface area contributed by atoms with Gasteiger partial charge in [-0.2, -0.15) is 0 Å². The van der Waals surface area contributed by atoms with E-state index in [4.69, 9.17) is 0 Å². The van der Waals surface area contributed by atoms with Crippen molar-refractivity contribution in [3.05, 3.63) is 0 Å². The standard InChI is InChI=1S/C15H30N2/c1-2-3-4-5-9-16-10-11-17-12-14-7-6-8-15(14)13-17/h14-16H,2-13H2,1H3. The number of nitrogens with zero attached hydrogens (tertiary/aromatic N) is 1. The summed E-state index contributed by atoms with van der Waals surface area (Å²) in [4.78, 5) is 2.69. The van der Waals surface area contributed by atoms with E-state index in [1.165, 1.54) is 77.7 Å². The summed E-state index contributed by atoms with van der Waals surface area (Å²) in [5, 5.41) is 3.60. The predicted octanol–water partition coefficient (Wildman–Crippen LogP) is 2.89. The molecule has 0 aromatic heterocycles. The molecule has 1 aliphatic carbocycles. The number of likely N-dealkylation sites (tertiary alicyclic amines) is 1. The average Bonchev–Trinajstić information content (AvgIpc) is 2.88. The molecule has 2 aliphatic rings. The van der Waals surface area contributed by atoms with Gasteiger partial charge in [0, 0.05) is 26.2 Å². The van der Waals surface area contributed by atoms with Crippen molar-refractivity contribution in [2.45, 2.75) is 51.9 Å². The van der Waals surface area contributed by atoms with Gasteiger partial charge >= 0.3 is 0 Å². The molecule has 100 valence electrons. The van der Waals surface area contributed by atoms with E-state index in [0.29, 0.717) is 0 Å². The van der Waals surface area contributed by atoms with Crippen LogP contribution in [0.4, 0.5) is 0 Å². The quantitative estimate of drug-likeness (QED) is 0.654. The minimum absolute atomic E-state index is 1.06. The van der Waals surface area contributed by atoms with Crippen molar-refractivity contribution in [2.75, 3.05) is 32.7 Å². The molecule has 1 N–H and O–H groups in total. The van der Waals surface area contributed by atoms with Crippen molar-refractivity contribution in [3.8, 4) is 0 Å². The second kappa shape index (κ2) is 7.38. The second-order valence-corrected chi connectivity index (χ2v) is 6.02. The maximum atomic E-state index is 3.60. The molecule has 0 radical (unpaired) electrons. The molecule has 0 bridgehead atoms. The monoisotopic (exact) mass is 238 g/mol. The third-order valence-corrected chi connectivity index (χ3v) is 4.61. The SMILES string of the molecule is CCCCCCNCCN1CC2CCCC2C1. The van der Waals surface area contributed by atoms with Gasteiger partial charge < -0.3 is 10.2 Å². The highest BCUT2D eigenvalue weighted by Crippen LogP contribution is 2.37. The molecule has 1 saturated carbocycles. The number of rotatable bonds is 8. The first kappa shape index (κ1) is 13.4. The molecule has 0 aromatic rings. The van der Waals surface area contributed by atoms with Crippen LogP contribution in [0.5, 0.6) is 0 Å². The molecule has 2 rings (SSSR count). The summed E-state index contributed by atoms with van der Waals surface area (Å²) in [6, 6.07) is 0. The fraction of sp³-hybridized carbons (Fsp3) is 1.00.